The summed E-state index contributed by atoms with van der Waals surface area (Å²) in [6.07, 6.45) is 1.76. The van der Waals surface area contributed by atoms with E-state index in [4.69, 9.17) is 0 Å². The topological polar surface area (TPSA) is 47.8 Å². The van der Waals surface area contributed by atoms with Gasteiger partial charge in [0.05, 0.1) is 6.42 Å². The summed E-state index contributed by atoms with van der Waals surface area (Å²) in [5.41, 5.74) is 0.660. The Morgan fingerprint density at radius 1 is 1.35 bits per heavy atom. The van der Waals surface area contributed by atoms with Crippen molar-refractivity contribution < 1.29 is 4.79 Å². The van der Waals surface area contributed by atoms with Crippen molar-refractivity contribution in [3.63, 3.8) is 0 Å². The highest BCUT2D eigenvalue weighted by Gasteiger charge is 2.15. The van der Waals surface area contributed by atoms with Gasteiger partial charge in [0.15, 0.2) is 5.78 Å². The molecular weight excluding hydrogens is 386 g/mol. The fourth-order valence-corrected chi connectivity index (χ4v) is 3.15. The Hall–Kier alpha value is -1.01. The van der Waals surface area contributed by atoms with Gasteiger partial charge in [0.1, 0.15) is 12.2 Å². The third kappa shape index (κ3) is 3.76. The monoisotopic (exact) mass is 399 g/mol. The molecule has 0 saturated carbocycles. The minimum atomic E-state index is 0.0300. The highest BCUT2D eigenvalue weighted by molar-refractivity contribution is 9.11. The van der Waals surface area contributed by atoms with Crippen LogP contribution >= 0.6 is 31.9 Å². The molecule has 0 radical (unpaired) electrons. The van der Waals surface area contributed by atoms with Gasteiger partial charge in [-0.15, -0.1) is 0 Å². The molecule has 0 N–H and O–H groups in total. The average molecular weight is 401 g/mol. The lowest BCUT2D eigenvalue weighted by Gasteiger charge is -2.08. The number of halogens is 2. The molecule has 106 valence electrons. The fraction of sp³-hybridized carbons (Fsp3) is 0.357. The van der Waals surface area contributed by atoms with Crippen LogP contribution in [0.15, 0.2) is 33.5 Å². The number of benzene rings is 1. The van der Waals surface area contributed by atoms with E-state index in [1.54, 1.807) is 10.7 Å². The molecule has 0 spiro atoms. The van der Waals surface area contributed by atoms with Crippen molar-refractivity contribution in [3.8, 4) is 0 Å². The smallest absolute Gasteiger partial charge is 0.171 e. The molecule has 1 heterocycles. The standard InChI is InChI=1S/C14H15Br2N3O/c1-9(2)7-19-14(17-8-18-19)6-13(20)11-4-3-10(15)5-12(11)16/h3-5,8-9H,6-7H2,1-2H3. The van der Waals surface area contributed by atoms with E-state index in [-0.39, 0.29) is 12.2 Å². The summed E-state index contributed by atoms with van der Waals surface area (Å²) in [5.74, 6) is 1.20. The first-order chi connectivity index (χ1) is 9.47. The molecule has 0 aliphatic heterocycles. The van der Waals surface area contributed by atoms with E-state index < -0.39 is 0 Å². The number of carbonyl (C=O) groups excluding carboxylic acids is 1. The predicted molar refractivity (Wildman–Crippen MR) is 84.7 cm³/mol. The van der Waals surface area contributed by atoms with Gasteiger partial charge in [-0.05, 0) is 24.1 Å². The molecule has 4 nitrogen and oxygen atoms in total. The zero-order valence-corrected chi connectivity index (χ0v) is 14.5. The Balaban J connectivity index is 2.17. The Morgan fingerprint density at radius 2 is 2.10 bits per heavy atom. The van der Waals surface area contributed by atoms with E-state index in [0.717, 1.165) is 15.5 Å². The second-order valence-electron chi connectivity index (χ2n) is 4.98. The predicted octanol–water partition coefficient (Wildman–Crippen LogP) is 3.88. The SMILES string of the molecule is CC(C)Cn1ncnc1CC(=O)c1ccc(Br)cc1Br. The molecule has 1 aromatic heterocycles. The Morgan fingerprint density at radius 3 is 2.75 bits per heavy atom. The first kappa shape index (κ1) is 15.4. The van der Waals surface area contributed by atoms with Crippen LogP contribution in [0.2, 0.25) is 0 Å². The molecule has 20 heavy (non-hydrogen) atoms. The van der Waals surface area contributed by atoms with Gasteiger partial charge in [-0.1, -0.05) is 45.7 Å². The second-order valence-corrected chi connectivity index (χ2v) is 6.75. The number of hydrogen-bond donors (Lipinski definition) is 0. The summed E-state index contributed by atoms with van der Waals surface area (Å²) in [5, 5.41) is 4.17. The van der Waals surface area contributed by atoms with E-state index in [9.17, 15) is 4.79 Å². The first-order valence-corrected chi connectivity index (χ1v) is 7.91. The molecule has 0 amide bonds. The van der Waals surface area contributed by atoms with E-state index in [2.05, 4.69) is 55.8 Å². The summed E-state index contributed by atoms with van der Waals surface area (Å²) in [6.45, 7) is 4.99. The number of carbonyl (C=O) groups is 1. The number of Topliss-reactive ketones (excluding diaryl/α,β-unsaturated/α-hetero) is 1. The maximum atomic E-state index is 12.4. The van der Waals surface area contributed by atoms with Gasteiger partial charge >= 0.3 is 0 Å². The Bertz CT molecular complexity index is 623. The number of aromatic nitrogens is 3. The molecule has 6 heteroatoms. The average Bonchev–Trinajstić information content (AvgIpc) is 2.75. The highest BCUT2D eigenvalue weighted by Crippen LogP contribution is 2.23. The van der Waals surface area contributed by atoms with Gasteiger partial charge in [-0.25, -0.2) is 9.67 Å². The molecule has 2 aromatic rings. The second kappa shape index (κ2) is 6.63. The number of rotatable bonds is 5. The van der Waals surface area contributed by atoms with Crippen molar-refractivity contribution in [3.05, 3.63) is 44.9 Å². The molecule has 0 aliphatic carbocycles. The zero-order valence-electron chi connectivity index (χ0n) is 11.3. The van der Waals surface area contributed by atoms with Gasteiger partial charge in [0.2, 0.25) is 0 Å². The maximum Gasteiger partial charge on any atom is 0.171 e. The fourth-order valence-electron chi connectivity index (χ4n) is 1.88. The lowest BCUT2D eigenvalue weighted by atomic mass is 10.1. The van der Waals surface area contributed by atoms with Crippen molar-refractivity contribution in [2.45, 2.75) is 26.8 Å². The van der Waals surface area contributed by atoms with Crippen LogP contribution in [0, 0.1) is 5.92 Å². The van der Waals surface area contributed by atoms with E-state index >= 15 is 0 Å². The number of hydrogen-bond acceptors (Lipinski definition) is 3. The zero-order chi connectivity index (χ0) is 14.7. The number of ketones is 1. The summed E-state index contributed by atoms with van der Waals surface area (Å²) < 4.78 is 3.52. The van der Waals surface area contributed by atoms with Crippen molar-refractivity contribution in [1.82, 2.24) is 14.8 Å². The van der Waals surface area contributed by atoms with Gasteiger partial charge in [-0.3, -0.25) is 4.79 Å². The third-order valence-electron chi connectivity index (χ3n) is 2.78. The quantitative estimate of drug-likeness (QED) is 0.715. The molecule has 0 atom stereocenters. The van der Waals surface area contributed by atoms with Crippen molar-refractivity contribution in [2.75, 3.05) is 0 Å². The first-order valence-electron chi connectivity index (χ1n) is 6.32. The Kier molecular flexibility index (Phi) is 5.10. The van der Waals surface area contributed by atoms with Crippen LogP contribution < -0.4 is 0 Å². The van der Waals surface area contributed by atoms with Gasteiger partial charge in [-0.2, -0.15) is 5.10 Å². The third-order valence-corrected chi connectivity index (χ3v) is 3.93. The van der Waals surface area contributed by atoms with Crippen LogP contribution in [-0.4, -0.2) is 20.5 Å². The summed E-state index contributed by atoms with van der Waals surface area (Å²) in [7, 11) is 0. The van der Waals surface area contributed by atoms with Crippen molar-refractivity contribution >= 4 is 37.6 Å². The van der Waals surface area contributed by atoms with Crippen LogP contribution in [0.5, 0.6) is 0 Å². The van der Waals surface area contributed by atoms with Gasteiger partial charge in [0, 0.05) is 21.1 Å². The van der Waals surface area contributed by atoms with Crippen LogP contribution in [0.1, 0.15) is 30.0 Å². The summed E-state index contributed by atoms with van der Waals surface area (Å²) in [4.78, 5) is 16.5. The van der Waals surface area contributed by atoms with Crippen LogP contribution in [0.3, 0.4) is 0 Å². The van der Waals surface area contributed by atoms with Crippen LogP contribution in [0.25, 0.3) is 0 Å². The maximum absolute atomic E-state index is 12.4. The summed E-state index contributed by atoms with van der Waals surface area (Å²) in [6, 6.07) is 5.53. The van der Waals surface area contributed by atoms with E-state index in [1.165, 1.54) is 6.33 Å². The summed E-state index contributed by atoms with van der Waals surface area (Å²) >= 11 is 6.79. The molecule has 0 aliphatic rings. The van der Waals surface area contributed by atoms with Crippen molar-refractivity contribution in [1.29, 1.82) is 0 Å². The van der Waals surface area contributed by atoms with Gasteiger partial charge < -0.3 is 0 Å². The molecule has 0 unspecified atom stereocenters. The molecule has 0 saturated heterocycles. The normalized spacial score (nSPS) is 11.1. The molecule has 2 rings (SSSR count). The van der Waals surface area contributed by atoms with Gasteiger partial charge in [0.25, 0.3) is 0 Å². The largest absolute Gasteiger partial charge is 0.294 e. The minimum absolute atomic E-state index is 0.0300. The van der Waals surface area contributed by atoms with E-state index in [0.29, 0.717) is 17.3 Å². The minimum Gasteiger partial charge on any atom is -0.294 e. The van der Waals surface area contributed by atoms with Crippen LogP contribution in [0.4, 0.5) is 0 Å². The highest BCUT2D eigenvalue weighted by atomic mass is 79.9. The lowest BCUT2D eigenvalue weighted by Crippen LogP contribution is -2.14. The molecule has 0 fully saturated rings. The lowest BCUT2D eigenvalue weighted by molar-refractivity contribution is 0.0988. The number of nitrogens with zero attached hydrogens (tertiary/aromatic N) is 3. The molecule has 1 aromatic carbocycles. The van der Waals surface area contributed by atoms with Crippen molar-refractivity contribution in [2.24, 2.45) is 5.92 Å². The molecule has 0 bridgehead atoms. The Labute approximate surface area is 134 Å². The van der Waals surface area contributed by atoms with E-state index in [1.807, 2.05) is 12.1 Å². The molecular formula is C14H15Br2N3O. The van der Waals surface area contributed by atoms with Crippen LogP contribution in [-0.2, 0) is 13.0 Å².